The fourth-order valence-electron chi connectivity index (χ4n) is 5.19. The van der Waals surface area contributed by atoms with Gasteiger partial charge in [0.15, 0.2) is 6.61 Å². The van der Waals surface area contributed by atoms with Crippen LogP contribution in [0.2, 0.25) is 0 Å². The molecule has 0 aliphatic carbocycles. The smallest absolute Gasteiger partial charge is 0.305 e. The highest BCUT2D eigenvalue weighted by atomic mass is 32.2. The summed E-state index contributed by atoms with van der Waals surface area (Å²) in [6.07, 6.45) is 0. The predicted molar refractivity (Wildman–Crippen MR) is 157 cm³/mol. The molecule has 3 heterocycles. The third kappa shape index (κ3) is 5.08. The first-order valence-electron chi connectivity index (χ1n) is 12.8. The fourth-order valence-corrected chi connectivity index (χ4v) is 7.71. The Kier molecular flexibility index (Phi) is 7.12. The van der Waals surface area contributed by atoms with Crippen LogP contribution < -0.4 is 19.8 Å². The molecular weight excluding hydrogens is 580 g/mol. The number of H-pyrrole nitrogens is 1. The van der Waals surface area contributed by atoms with Crippen LogP contribution in [0.4, 0.5) is 17.1 Å². The molecule has 3 unspecified atom stereocenters. The van der Waals surface area contributed by atoms with Crippen molar-refractivity contribution < 1.29 is 24.0 Å². The number of thiazole rings is 1. The number of aryl methyl sites for hydroxylation is 1. The number of thioether (sulfide) groups is 1. The van der Waals surface area contributed by atoms with E-state index in [1.54, 1.807) is 30.3 Å². The highest BCUT2D eigenvalue weighted by Gasteiger charge is 2.56. The average Bonchev–Trinajstić information content (AvgIpc) is 3.46. The number of aromatic amines is 1. The lowest BCUT2D eigenvalue weighted by atomic mass is 9.83. The van der Waals surface area contributed by atoms with Crippen LogP contribution in [-0.4, -0.2) is 39.5 Å². The lowest BCUT2D eigenvalue weighted by molar-refractivity contribution is -0.384. The summed E-state index contributed by atoms with van der Waals surface area (Å²) < 4.78 is 5.67. The number of anilines is 2. The number of aromatic nitrogens is 1. The van der Waals surface area contributed by atoms with Gasteiger partial charge in [0.1, 0.15) is 11.0 Å². The molecule has 0 radical (unpaired) electrons. The summed E-state index contributed by atoms with van der Waals surface area (Å²) >= 11 is 2.14. The highest BCUT2D eigenvalue weighted by Crippen LogP contribution is 2.53. The maximum atomic E-state index is 13.8. The second-order valence-electron chi connectivity index (χ2n) is 9.81. The number of carbonyl (C=O) groups is 3. The van der Waals surface area contributed by atoms with Gasteiger partial charge in [-0.25, -0.2) is 4.90 Å². The molecule has 1 fully saturated rings. The van der Waals surface area contributed by atoms with Crippen molar-refractivity contribution in [3.05, 3.63) is 109 Å². The Morgan fingerprint density at radius 3 is 2.48 bits per heavy atom. The monoisotopic (exact) mass is 602 g/mol. The molecule has 3 atom stereocenters. The Morgan fingerprint density at radius 2 is 1.79 bits per heavy atom. The van der Waals surface area contributed by atoms with Crippen molar-refractivity contribution in [1.29, 1.82) is 0 Å². The number of nitro groups is 1. The van der Waals surface area contributed by atoms with Crippen molar-refractivity contribution in [3.63, 3.8) is 0 Å². The average molecular weight is 603 g/mol. The van der Waals surface area contributed by atoms with Gasteiger partial charge in [-0.3, -0.25) is 29.3 Å². The third-order valence-corrected chi connectivity index (χ3v) is 9.45. The molecule has 0 bridgehead atoms. The van der Waals surface area contributed by atoms with E-state index in [2.05, 4.69) is 10.3 Å². The Hall–Kier alpha value is -4.75. The third-order valence-electron chi connectivity index (χ3n) is 7.05. The summed E-state index contributed by atoms with van der Waals surface area (Å²) in [5.41, 5.74) is 2.47. The van der Waals surface area contributed by atoms with Gasteiger partial charge >= 0.3 is 4.87 Å². The molecule has 0 saturated carbocycles. The van der Waals surface area contributed by atoms with E-state index in [9.17, 15) is 29.3 Å². The topological polar surface area (TPSA) is 152 Å². The molecule has 1 saturated heterocycles. The van der Waals surface area contributed by atoms with Crippen molar-refractivity contribution >= 4 is 57.9 Å². The van der Waals surface area contributed by atoms with Crippen LogP contribution in [0.1, 0.15) is 21.9 Å². The molecule has 2 aliphatic heterocycles. The van der Waals surface area contributed by atoms with Crippen molar-refractivity contribution in [3.8, 4) is 5.75 Å². The summed E-state index contributed by atoms with van der Waals surface area (Å²) in [6.45, 7) is 1.72. The van der Waals surface area contributed by atoms with Gasteiger partial charge in [0.25, 0.3) is 11.6 Å². The number of nitro benzene ring substituents is 1. The van der Waals surface area contributed by atoms with E-state index in [0.717, 1.165) is 33.6 Å². The first kappa shape index (κ1) is 27.4. The number of rotatable bonds is 7. The molecule has 4 aromatic rings. The van der Waals surface area contributed by atoms with E-state index in [4.69, 9.17) is 4.74 Å². The van der Waals surface area contributed by atoms with E-state index in [0.29, 0.717) is 26.9 Å². The largest absolute Gasteiger partial charge is 0.484 e. The minimum atomic E-state index is -0.802. The molecule has 42 heavy (non-hydrogen) atoms. The van der Waals surface area contributed by atoms with Crippen LogP contribution in [0.5, 0.6) is 5.75 Å². The molecule has 13 heteroatoms. The second kappa shape index (κ2) is 10.9. The Morgan fingerprint density at radius 1 is 1.05 bits per heavy atom. The van der Waals surface area contributed by atoms with Crippen molar-refractivity contribution in [2.45, 2.75) is 23.1 Å². The first-order chi connectivity index (χ1) is 20.2. The molecule has 2 N–H and O–H groups in total. The summed E-state index contributed by atoms with van der Waals surface area (Å²) in [5, 5.41) is 13.6. The second-order valence-corrected chi connectivity index (χ2v) is 12.0. The van der Waals surface area contributed by atoms with E-state index >= 15 is 0 Å². The number of carbonyl (C=O) groups excluding carboxylic acids is 3. The van der Waals surface area contributed by atoms with Crippen LogP contribution in [-0.2, 0) is 14.4 Å². The summed E-state index contributed by atoms with van der Waals surface area (Å²) in [7, 11) is 0. The summed E-state index contributed by atoms with van der Waals surface area (Å²) in [5.74, 6) is -2.18. The lowest BCUT2D eigenvalue weighted by Gasteiger charge is -2.29. The minimum Gasteiger partial charge on any atom is -0.484 e. The zero-order valence-electron chi connectivity index (χ0n) is 21.9. The number of hydrogen-bond acceptors (Lipinski definition) is 9. The van der Waals surface area contributed by atoms with Crippen LogP contribution in [0, 0.1) is 23.0 Å². The predicted octanol–water partition coefficient (Wildman–Crippen LogP) is 4.47. The molecule has 1 aromatic heterocycles. The van der Waals surface area contributed by atoms with Crippen molar-refractivity contribution in [1.82, 2.24) is 4.98 Å². The molecule has 3 aromatic carbocycles. The number of amides is 3. The standard InChI is InChI=1S/C29H22N4O7S2/c1-15-3-2-4-17(13-15)30-21(34)14-40-20-11-5-16(6-12-20)22-23-25(41-26-24(22)42-29(37)31-26)28(36)32(27(23)35)18-7-9-19(10-8-18)33(38)39/h2-13,22-23,25H,14H2,1H3,(H,30,34)(H,31,37). The Labute approximate surface area is 246 Å². The van der Waals surface area contributed by atoms with Gasteiger partial charge in [0, 0.05) is 28.6 Å². The Bertz CT molecular complexity index is 1780. The number of ether oxygens (including phenoxy) is 1. The number of nitrogens with one attached hydrogen (secondary N) is 2. The number of nitrogens with zero attached hydrogens (tertiary/aromatic N) is 2. The fraction of sp³-hybridized carbons (Fsp3) is 0.172. The number of benzene rings is 3. The van der Waals surface area contributed by atoms with Crippen molar-refractivity contribution in [2.24, 2.45) is 5.92 Å². The van der Waals surface area contributed by atoms with Crippen molar-refractivity contribution in [2.75, 3.05) is 16.8 Å². The van der Waals surface area contributed by atoms with E-state index in [1.807, 2.05) is 25.1 Å². The summed E-state index contributed by atoms with van der Waals surface area (Å²) in [6, 6.07) is 19.5. The van der Waals surface area contributed by atoms with Crippen LogP contribution in [0.25, 0.3) is 0 Å². The van der Waals surface area contributed by atoms with E-state index in [-0.39, 0.29) is 28.8 Å². The number of non-ortho nitro benzene ring substituents is 1. The van der Waals surface area contributed by atoms with E-state index < -0.39 is 33.8 Å². The van der Waals surface area contributed by atoms with Gasteiger partial charge in [0.2, 0.25) is 11.8 Å². The highest BCUT2D eigenvalue weighted by molar-refractivity contribution is 8.00. The quantitative estimate of drug-likeness (QED) is 0.179. The van der Waals surface area contributed by atoms with E-state index in [1.165, 1.54) is 24.3 Å². The van der Waals surface area contributed by atoms with Gasteiger partial charge < -0.3 is 15.0 Å². The van der Waals surface area contributed by atoms with Gasteiger partial charge in [-0.05, 0) is 54.4 Å². The number of hydrogen-bond donors (Lipinski definition) is 2. The van der Waals surface area contributed by atoms with Crippen LogP contribution >= 0.6 is 23.1 Å². The number of imide groups is 1. The van der Waals surface area contributed by atoms with Gasteiger partial charge in [0.05, 0.1) is 21.6 Å². The summed E-state index contributed by atoms with van der Waals surface area (Å²) in [4.78, 5) is 66.7. The van der Waals surface area contributed by atoms with Gasteiger partial charge in [-0.2, -0.15) is 0 Å². The molecular formula is C29H22N4O7S2. The zero-order chi connectivity index (χ0) is 29.5. The molecule has 11 nitrogen and oxygen atoms in total. The maximum Gasteiger partial charge on any atom is 0.305 e. The molecule has 0 spiro atoms. The number of fused-ring (bicyclic) bond motifs is 2. The molecule has 2 aliphatic rings. The SMILES string of the molecule is Cc1cccc(NC(=O)COc2ccc(C3c4sc(=O)[nH]c4SC4C(=O)N(c5ccc([N+](=O)[O-])cc5)C(=O)C43)cc2)c1. The first-order valence-corrected chi connectivity index (χ1v) is 14.5. The lowest BCUT2D eigenvalue weighted by Crippen LogP contribution is -2.32. The molecule has 212 valence electrons. The van der Waals surface area contributed by atoms with Crippen LogP contribution in [0.3, 0.4) is 0 Å². The molecule has 3 amide bonds. The van der Waals surface area contributed by atoms with Crippen LogP contribution in [0.15, 0.2) is 82.6 Å². The van der Waals surface area contributed by atoms with Gasteiger partial charge in [-0.15, -0.1) is 0 Å². The maximum absolute atomic E-state index is 13.8. The Balaban J connectivity index is 1.24. The zero-order valence-corrected chi connectivity index (χ0v) is 23.6. The normalized spacial score (nSPS) is 19.3. The minimum absolute atomic E-state index is 0.155. The molecule has 6 rings (SSSR count). The van der Waals surface area contributed by atoms with Gasteiger partial charge in [-0.1, -0.05) is 47.4 Å².